The summed E-state index contributed by atoms with van der Waals surface area (Å²) in [6.45, 7) is 6.34. The number of nitrogens with zero attached hydrogens (tertiary/aromatic N) is 1. The molecule has 0 saturated carbocycles. The van der Waals surface area contributed by atoms with Crippen molar-refractivity contribution < 1.29 is 9.53 Å². The average molecular weight is 405 g/mol. The quantitative estimate of drug-likeness (QED) is 0.639. The topological polar surface area (TPSA) is 60.3 Å². The highest BCUT2D eigenvalue weighted by atomic mass is 35.5. The molecule has 0 bridgehead atoms. The van der Waals surface area contributed by atoms with Gasteiger partial charge in [0.2, 0.25) is 0 Å². The Hall–Kier alpha value is -2.31. The van der Waals surface area contributed by atoms with Gasteiger partial charge in [0.15, 0.2) is 6.10 Å². The zero-order valence-corrected chi connectivity index (χ0v) is 17.0. The van der Waals surface area contributed by atoms with Crippen LogP contribution in [0.4, 0.5) is 5.69 Å². The molecule has 0 radical (unpaired) electrons. The average Bonchev–Trinajstić information content (AvgIpc) is 2.96. The van der Waals surface area contributed by atoms with Gasteiger partial charge in [-0.2, -0.15) is 0 Å². The van der Waals surface area contributed by atoms with Crippen LogP contribution >= 0.6 is 22.9 Å². The van der Waals surface area contributed by atoms with E-state index in [0.717, 1.165) is 15.8 Å². The first kappa shape index (κ1) is 19.5. The molecule has 1 amide bonds. The summed E-state index contributed by atoms with van der Waals surface area (Å²) in [4.78, 5) is 24.6. The molecule has 0 spiro atoms. The summed E-state index contributed by atoms with van der Waals surface area (Å²) in [5.74, 6) is 0.374. The molecular formula is C20H21ClN2O3S. The number of benzene rings is 2. The van der Waals surface area contributed by atoms with Crippen LogP contribution in [-0.2, 0) is 11.3 Å². The molecule has 5 nitrogen and oxygen atoms in total. The van der Waals surface area contributed by atoms with E-state index in [9.17, 15) is 9.59 Å². The maximum absolute atomic E-state index is 12.6. The first-order valence-electron chi connectivity index (χ1n) is 8.80. The van der Waals surface area contributed by atoms with Crippen LogP contribution in [-0.4, -0.2) is 16.6 Å². The second kappa shape index (κ2) is 8.15. The normalized spacial score (nSPS) is 12.1. The fraction of sp³-hybridized carbons (Fsp3) is 0.300. The number of carbonyl (C=O) groups is 1. The van der Waals surface area contributed by atoms with Gasteiger partial charge in [-0.3, -0.25) is 14.2 Å². The van der Waals surface area contributed by atoms with E-state index >= 15 is 0 Å². The van der Waals surface area contributed by atoms with Gasteiger partial charge in [0.1, 0.15) is 5.75 Å². The smallest absolute Gasteiger partial charge is 0.308 e. The van der Waals surface area contributed by atoms with Crippen LogP contribution in [0, 0.1) is 6.92 Å². The first-order valence-corrected chi connectivity index (χ1v) is 9.99. The number of thiazole rings is 1. The highest BCUT2D eigenvalue weighted by molar-refractivity contribution is 7.16. The molecule has 3 aromatic rings. The van der Waals surface area contributed by atoms with Crippen LogP contribution < -0.4 is 14.9 Å². The van der Waals surface area contributed by atoms with Crippen LogP contribution in [0.15, 0.2) is 41.2 Å². The Morgan fingerprint density at radius 2 is 2.04 bits per heavy atom. The predicted molar refractivity (Wildman–Crippen MR) is 111 cm³/mol. The van der Waals surface area contributed by atoms with Crippen LogP contribution in [0.2, 0.25) is 5.02 Å². The molecule has 0 aliphatic rings. The van der Waals surface area contributed by atoms with Gasteiger partial charge < -0.3 is 10.1 Å². The molecule has 2 aromatic carbocycles. The molecule has 0 saturated heterocycles. The predicted octanol–water partition coefficient (Wildman–Crippen LogP) is 4.84. The highest BCUT2D eigenvalue weighted by Crippen LogP contribution is 2.24. The van der Waals surface area contributed by atoms with E-state index in [-0.39, 0.29) is 10.8 Å². The number of fused-ring (bicyclic) bond motifs is 1. The molecule has 3 rings (SSSR count). The number of carbonyl (C=O) groups excluding carboxylic acids is 1. The number of halogens is 1. The van der Waals surface area contributed by atoms with Crippen molar-refractivity contribution in [1.29, 1.82) is 0 Å². The first-order chi connectivity index (χ1) is 12.9. The van der Waals surface area contributed by atoms with Gasteiger partial charge in [-0.15, -0.1) is 0 Å². The van der Waals surface area contributed by atoms with Crippen molar-refractivity contribution in [3.05, 3.63) is 56.7 Å². The van der Waals surface area contributed by atoms with Gasteiger partial charge >= 0.3 is 4.87 Å². The molecule has 7 heteroatoms. The second-order valence-electron chi connectivity index (χ2n) is 6.21. The largest absolute Gasteiger partial charge is 0.481 e. The van der Waals surface area contributed by atoms with Crippen LogP contribution in [0.3, 0.4) is 0 Å². The van der Waals surface area contributed by atoms with Crippen molar-refractivity contribution in [3.8, 4) is 5.75 Å². The summed E-state index contributed by atoms with van der Waals surface area (Å²) in [5.41, 5.74) is 2.42. The molecule has 1 heterocycles. The van der Waals surface area contributed by atoms with Crippen molar-refractivity contribution in [3.63, 3.8) is 0 Å². The third-order valence-corrected chi connectivity index (χ3v) is 5.69. The Labute approximate surface area is 166 Å². The fourth-order valence-corrected chi connectivity index (χ4v) is 3.96. The number of anilines is 1. The van der Waals surface area contributed by atoms with E-state index in [1.54, 1.807) is 22.8 Å². The van der Waals surface area contributed by atoms with Crippen molar-refractivity contribution in [2.75, 3.05) is 5.32 Å². The second-order valence-corrected chi connectivity index (χ2v) is 7.61. The number of rotatable bonds is 6. The zero-order chi connectivity index (χ0) is 19.6. The third-order valence-electron chi connectivity index (χ3n) is 4.32. The van der Waals surface area contributed by atoms with E-state index in [4.69, 9.17) is 16.3 Å². The number of aromatic nitrogens is 1. The van der Waals surface area contributed by atoms with E-state index in [0.29, 0.717) is 29.4 Å². The minimum atomic E-state index is -0.625. The number of ether oxygens (including phenoxy) is 1. The molecule has 1 N–H and O–H groups in total. The minimum Gasteiger partial charge on any atom is -0.481 e. The van der Waals surface area contributed by atoms with E-state index in [1.165, 1.54) is 11.3 Å². The van der Waals surface area contributed by atoms with Gasteiger partial charge in [0.25, 0.3) is 5.91 Å². The van der Waals surface area contributed by atoms with Crippen molar-refractivity contribution >= 4 is 44.7 Å². The molecule has 0 unspecified atom stereocenters. The number of amides is 1. The van der Waals surface area contributed by atoms with Crippen LogP contribution in [0.25, 0.3) is 10.2 Å². The molecule has 0 aliphatic heterocycles. The van der Waals surface area contributed by atoms with Crippen LogP contribution in [0.1, 0.15) is 25.8 Å². The maximum atomic E-state index is 12.6. The molecular weight excluding hydrogens is 384 g/mol. The van der Waals surface area contributed by atoms with Gasteiger partial charge in [-0.1, -0.05) is 29.9 Å². The van der Waals surface area contributed by atoms with E-state index in [1.807, 2.05) is 39.0 Å². The van der Waals surface area contributed by atoms with Crippen molar-refractivity contribution in [2.45, 2.75) is 39.8 Å². The Bertz CT molecular complexity index is 1040. The molecule has 0 fully saturated rings. The summed E-state index contributed by atoms with van der Waals surface area (Å²) < 4.78 is 8.40. The number of aryl methyl sites for hydroxylation is 2. The number of hydrogen-bond donors (Lipinski definition) is 1. The maximum Gasteiger partial charge on any atom is 0.308 e. The molecule has 0 aliphatic carbocycles. The molecule has 1 aromatic heterocycles. The summed E-state index contributed by atoms with van der Waals surface area (Å²) >= 11 is 7.21. The Balaban J connectivity index is 1.77. The van der Waals surface area contributed by atoms with E-state index < -0.39 is 6.10 Å². The summed E-state index contributed by atoms with van der Waals surface area (Å²) in [6, 6.07) is 10.8. The lowest BCUT2D eigenvalue weighted by atomic mass is 10.2. The lowest BCUT2D eigenvalue weighted by Gasteiger charge is -2.18. The number of nitrogens with one attached hydrogen (secondary N) is 1. The van der Waals surface area contributed by atoms with Crippen molar-refractivity contribution in [2.24, 2.45) is 0 Å². The van der Waals surface area contributed by atoms with E-state index in [2.05, 4.69) is 5.32 Å². The minimum absolute atomic E-state index is 0.00357. The van der Waals surface area contributed by atoms with Gasteiger partial charge in [-0.05, 0) is 62.2 Å². The molecule has 1 atom stereocenters. The summed E-state index contributed by atoms with van der Waals surface area (Å²) in [6.07, 6.45) is -0.102. The zero-order valence-electron chi connectivity index (χ0n) is 15.4. The van der Waals surface area contributed by atoms with Crippen LogP contribution in [0.5, 0.6) is 5.75 Å². The van der Waals surface area contributed by atoms with Gasteiger partial charge in [0, 0.05) is 17.3 Å². The standard InChI is InChI=1S/C20H21ClN2O3S/c1-4-17(26-14-7-8-15(21)12(3)10-14)19(24)22-13-6-9-16-18(11-13)27-20(25)23(16)5-2/h6-11,17H,4-5H2,1-3H3,(H,22,24)/t17-/m0/s1. The number of hydrogen-bond acceptors (Lipinski definition) is 4. The fourth-order valence-electron chi connectivity index (χ4n) is 2.84. The summed E-state index contributed by atoms with van der Waals surface area (Å²) in [7, 11) is 0. The van der Waals surface area contributed by atoms with Gasteiger partial charge in [0.05, 0.1) is 10.2 Å². The third kappa shape index (κ3) is 4.17. The highest BCUT2D eigenvalue weighted by Gasteiger charge is 2.19. The molecule has 27 heavy (non-hydrogen) atoms. The monoisotopic (exact) mass is 404 g/mol. The summed E-state index contributed by atoms with van der Waals surface area (Å²) in [5, 5.41) is 3.54. The Kier molecular flexibility index (Phi) is 5.87. The SMILES string of the molecule is CC[C@H](Oc1ccc(Cl)c(C)c1)C(=O)Nc1ccc2c(c1)sc(=O)n2CC. The van der Waals surface area contributed by atoms with Crippen molar-refractivity contribution in [1.82, 2.24) is 4.57 Å². The van der Waals surface area contributed by atoms with Gasteiger partial charge in [-0.25, -0.2) is 0 Å². The molecule has 142 valence electrons. The lowest BCUT2D eigenvalue weighted by molar-refractivity contribution is -0.122. The Morgan fingerprint density at radius 1 is 1.26 bits per heavy atom. The lowest BCUT2D eigenvalue weighted by Crippen LogP contribution is -2.32. The Morgan fingerprint density at radius 3 is 2.70 bits per heavy atom.